The Labute approximate surface area is 95.5 Å². The van der Waals surface area contributed by atoms with Gasteiger partial charge >= 0.3 is 0 Å². The highest BCUT2D eigenvalue weighted by molar-refractivity contribution is 7.10. The van der Waals surface area contributed by atoms with E-state index in [1.165, 1.54) is 38.2 Å². The standard InChI is InChI=1S/C12H18N2S/c1-13-6-4-12(5-7-13)9-14(2)10-3-8-15-11(10)12/h3,8H,4-7,9H2,1-2H3. The molecule has 0 saturated carbocycles. The average molecular weight is 222 g/mol. The van der Waals surface area contributed by atoms with Crippen molar-refractivity contribution < 1.29 is 0 Å². The summed E-state index contributed by atoms with van der Waals surface area (Å²) in [5.74, 6) is 0. The Balaban J connectivity index is 1.95. The summed E-state index contributed by atoms with van der Waals surface area (Å²) < 4.78 is 0. The number of anilines is 1. The van der Waals surface area contributed by atoms with Crippen LogP contribution in [0.2, 0.25) is 0 Å². The van der Waals surface area contributed by atoms with Crippen molar-refractivity contribution in [1.82, 2.24) is 4.90 Å². The number of fused-ring (bicyclic) bond motifs is 2. The number of thiophene rings is 1. The third kappa shape index (κ3) is 1.33. The molecular weight excluding hydrogens is 204 g/mol. The summed E-state index contributed by atoms with van der Waals surface area (Å²) in [6.45, 7) is 3.75. The number of hydrogen-bond donors (Lipinski definition) is 0. The normalized spacial score (nSPS) is 24.8. The summed E-state index contributed by atoms with van der Waals surface area (Å²) in [6, 6.07) is 2.28. The van der Waals surface area contributed by atoms with Crippen molar-refractivity contribution in [3.8, 4) is 0 Å². The van der Waals surface area contributed by atoms with Gasteiger partial charge in [0.15, 0.2) is 0 Å². The second-order valence-electron chi connectivity index (χ2n) is 5.07. The third-order valence-corrected chi connectivity index (χ3v) is 5.17. The van der Waals surface area contributed by atoms with Crippen LogP contribution in [0, 0.1) is 0 Å². The molecule has 1 fully saturated rings. The van der Waals surface area contributed by atoms with Crippen LogP contribution < -0.4 is 4.90 Å². The van der Waals surface area contributed by atoms with Crippen LogP contribution in [0.15, 0.2) is 11.4 Å². The van der Waals surface area contributed by atoms with Gasteiger partial charge in [-0.05, 0) is 44.4 Å². The van der Waals surface area contributed by atoms with Gasteiger partial charge in [-0.15, -0.1) is 11.3 Å². The molecule has 82 valence electrons. The summed E-state index contributed by atoms with van der Waals surface area (Å²) >= 11 is 1.96. The smallest absolute Gasteiger partial charge is 0.0511 e. The van der Waals surface area contributed by atoms with E-state index in [-0.39, 0.29) is 0 Å². The molecule has 0 bridgehead atoms. The quantitative estimate of drug-likeness (QED) is 0.664. The van der Waals surface area contributed by atoms with E-state index in [4.69, 9.17) is 0 Å². The van der Waals surface area contributed by atoms with Crippen LogP contribution in [0.4, 0.5) is 5.69 Å². The fraction of sp³-hybridized carbons (Fsp3) is 0.667. The number of piperidine rings is 1. The van der Waals surface area contributed by atoms with Crippen LogP contribution in [0.5, 0.6) is 0 Å². The molecule has 15 heavy (non-hydrogen) atoms. The summed E-state index contributed by atoms with van der Waals surface area (Å²) in [5, 5.41) is 2.25. The average Bonchev–Trinajstić information content (AvgIpc) is 2.78. The van der Waals surface area contributed by atoms with Crippen molar-refractivity contribution in [2.75, 3.05) is 38.6 Å². The summed E-state index contributed by atoms with van der Waals surface area (Å²) in [4.78, 5) is 6.55. The molecular formula is C12H18N2S. The van der Waals surface area contributed by atoms with Gasteiger partial charge in [0.05, 0.1) is 5.69 Å². The number of rotatable bonds is 0. The lowest BCUT2D eigenvalue weighted by Crippen LogP contribution is -2.43. The van der Waals surface area contributed by atoms with Gasteiger partial charge < -0.3 is 9.80 Å². The van der Waals surface area contributed by atoms with E-state index in [2.05, 4.69) is 35.3 Å². The van der Waals surface area contributed by atoms with Crippen LogP contribution in [0.1, 0.15) is 17.7 Å². The zero-order valence-electron chi connectivity index (χ0n) is 9.49. The molecule has 0 aromatic carbocycles. The Morgan fingerprint density at radius 2 is 2.00 bits per heavy atom. The Bertz CT molecular complexity index is 363. The molecule has 0 N–H and O–H groups in total. The lowest BCUT2D eigenvalue weighted by molar-refractivity contribution is 0.199. The fourth-order valence-corrected chi connectivity index (χ4v) is 4.24. The minimum absolute atomic E-state index is 0.491. The van der Waals surface area contributed by atoms with Gasteiger partial charge in [-0.3, -0.25) is 0 Å². The number of likely N-dealkylation sites (N-methyl/N-ethyl adjacent to an activating group) is 1. The molecule has 3 heterocycles. The highest BCUT2D eigenvalue weighted by atomic mass is 32.1. The van der Waals surface area contributed by atoms with Crippen molar-refractivity contribution in [3.63, 3.8) is 0 Å². The molecule has 2 nitrogen and oxygen atoms in total. The van der Waals surface area contributed by atoms with Crippen molar-refractivity contribution in [3.05, 3.63) is 16.3 Å². The summed E-state index contributed by atoms with van der Waals surface area (Å²) in [6.07, 6.45) is 2.67. The maximum atomic E-state index is 2.46. The Morgan fingerprint density at radius 1 is 1.27 bits per heavy atom. The van der Waals surface area contributed by atoms with Gasteiger partial charge in [0.25, 0.3) is 0 Å². The van der Waals surface area contributed by atoms with E-state index >= 15 is 0 Å². The van der Waals surface area contributed by atoms with E-state index in [1.807, 2.05) is 11.3 Å². The van der Waals surface area contributed by atoms with Crippen LogP contribution in [0.25, 0.3) is 0 Å². The molecule has 0 atom stereocenters. The zero-order valence-corrected chi connectivity index (χ0v) is 10.3. The lowest BCUT2D eigenvalue weighted by atomic mass is 9.78. The van der Waals surface area contributed by atoms with Crippen LogP contribution in [0.3, 0.4) is 0 Å². The largest absolute Gasteiger partial charge is 0.373 e. The molecule has 3 rings (SSSR count). The highest BCUT2D eigenvalue weighted by Gasteiger charge is 2.43. The molecule has 1 aromatic rings. The van der Waals surface area contributed by atoms with Gasteiger partial charge in [0.1, 0.15) is 0 Å². The molecule has 0 amide bonds. The van der Waals surface area contributed by atoms with Crippen LogP contribution >= 0.6 is 11.3 Å². The van der Waals surface area contributed by atoms with E-state index in [0.29, 0.717) is 5.41 Å². The van der Waals surface area contributed by atoms with Gasteiger partial charge in [0.2, 0.25) is 0 Å². The predicted octanol–water partition coefficient (Wildman–Crippen LogP) is 2.16. The highest BCUT2D eigenvalue weighted by Crippen LogP contribution is 2.48. The molecule has 2 aliphatic rings. The SMILES string of the molecule is CN1CCC2(CC1)CN(C)c1ccsc12. The number of likely N-dealkylation sites (tertiary alicyclic amines) is 1. The molecule has 1 spiro atoms. The van der Waals surface area contributed by atoms with Gasteiger partial charge in [0, 0.05) is 23.9 Å². The second kappa shape index (κ2) is 3.22. The predicted molar refractivity (Wildman–Crippen MR) is 66.0 cm³/mol. The Kier molecular flexibility index (Phi) is 2.08. The maximum absolute atomic E-state index is 2.46. The van der Waals surface area contributed by atoms with Gasteiger partial charge in [-0.1, -0.05) is 0 Å². The molecule has 3 heteroatoms. The van der Waals surface area contributed by atoms with E-state index in [0.717, 1.165) is 0 Å². The zero-order chi connectivity index (χ0) is 10.5. The third-order valence-electron chi connectivity index (χ3n) is 4.02. The number of nitrogens with zero attached hydrogens (tertiary/aromatic N) is 2. The minimum atomic E-state index is 0.491. The van der Waals surface area contributed by atoms with Crippen molar-refractivity contribution in [1.29, 1.82) is 0 Å². The first-order chi connectivity index (χ1) is 7.21. The topological polar surface area (TPSA) is 6.48 Å². The summed E-state index contributed by atoms with van der Waals surface area (Å²) in [7, 11) is 4.47. The first-order valence-electron chi connectivity index (χ1n) is 5.69. The van der Waals surface area contributed by atoms with E-state index in [9.17, 15) is 0 Å². The van der Waals surface area contributed by atoms with Crippen molar-refractivity contribution in [2.24, 2.45) is 0 Å². The molecule has 0 unspecified atom stereocenters. The second-order valence-corrected chi connectivity index (χ2v) is 5.99. The van der Waals surface area contributed by atoms with Crippen molar-refractivity contribution in [2.45, 2.75) is 18.3 Å². The molecule has 0 radical (unpaired) electrons. The molecule has 1 aromatic heterocycles. The Hall–Kier alpha value is -0.540. The van der Waals surface area contributed by atoms with Crippen LogP contribution in [-0.4, -0.2) is 38.6 Å². The van der Waals surface area contributed by atoms with Gasteiger partial charge in [-0.2, -0.15) is 0 Å². The minimum Gasteiger partial charge on any atom is -0.373 e. The van der Waals surface area contributed by atoms with Crippen LogP contribution in [-0.2, 0) is 5.41 Å². The summed E-state index contributed by atoms with van der Waals surface area (Å²) in [5.41, 5.74) is 1.98. The molecule has 2 aliphatic heterocycles. The molecule has 1 saturated heterocycles. The van der Waals surface area contributed by atoms with E-state index < -0.39 is 0 Å². The maximum Gasteiger partial charge on any atom is 0.0511 e. The van der Waals surface area contributed by atoms with Gasteiger partial charge in [-0.25, -0.2) is 0 Å². The molecule has 0 aliphatic carbocycles. The number of hydrogen-bond acceptors (Lipinski definition) is 3. The lowest BCUT2D eigenvalue weighted by Gasteiger charge is -2.37. The fourth-order valence-electron chi connectivity index (χ4n) is 3.04. The van der Waals surface area contributed by atoms with E-state index in [1.54, 1.807) is 4.88 Å². The van der Waals surface area contributed by atoms with Crippen molar-refractivity contribution >= 4 is 17.0 Å². The Morgan fingerprint density at radius 3 is 2.73 bits per heavy atom. The first-order valence-corrected chi connectivity index (χ1v) is 6.57. The monoisotopic (exact) mass is 222 g/mol. The first kappa shape index (κ1) is 9.67.